The first-order chi connectivity index (χ1) is 11.7. The normalized spacial score (nSPS) is 12.7. The molecule has 138 valence electrons. The molecule has 1 aromatic heterocycles. The molecule has 3 rings (SSSR count). The number of carbonyl (C=O) groups is 1. The molecule has 0 unspecified atom stereocenters. The molecule has 0 radical (unpaired) electrons. The molecule has 2 aromatic carbocycles. The fourth-order valence-electron chi connectivity index (χ4n) is 2.78. The quantitative estimate of drug-likeness (QED) is 0.692. The Labute approximate surface area is 158 Å². The summed E-state index contributed by atoms with van der Waals surface area (Å²) in [7, 11) is 1.90. The Morgan fingerprint density at radius 3 is 2.35 bits per heavy atom. The molecular weight excluding hydrogens is 353 g/mol. The van der Waals surface area contributed by atoms with Gasteiger partial charge in [0.15, 0.2) is 5.78 Å². The Bertz CT molecular complexity index is 942. The van der Waals surface area contributed by atoms with Crippen LogP contribution in [0.3, 0.4) is 0 Å². The molecule has 0 fully saturated rings. The maximum atomic E-state index is 13.1. The molecule has 2 N–H and O–H groups in total. The van der Waals surface area contributed by atoms with Crippen LogP contribution in [0.1, 0.15) is 31.1 Å². The number of nitrogens with zero attached hydrogens (tertiary/aromatic N) is 2. The SMILES string of the molecule is Cl.Cn1c(-c2ccc(F)cc2)nc2cc(C(=O)[C@@H](N)C(C)(C)C)ccc21. The molecule has 6 heteroatoms. The molecule has 0 aliphatic rings. The van der Waals surface area contributed by atoms with Gasteiger partial charge in [-0.15, -0.1) is 12.4 Å². The highest BCUT2D eigenvalue weighted by Gasteiger charge is 2.28. The minimum atomic E-state index is -0.578. The first-order valence-electron chi connectivity index (χ1n) is 8.20. The average Bonchev–Trinajstić information content (AvgIpc) is 2.89. The number of hydrogen-bond donors (Lipinski definition) is 1. The summed E-state index contributed by atoms with van der Waals surface area (Å²) >= 11 is 0. The van der Waals surface area contributed by atoms with Crippen LogP contribution in [0.25, 0.3) is 22.4 Å². The Kier molecular flexibility index (Phi) is 5.54. The van der Waals surface area contributed by atoms with Crippen molar-refractivity contribution < 1.29 is 9.18 Å². The predicted octanol–water partition coefficient (Wildman–Crippen LogP) is 4.36. The van der Waals surface area contributed by atoms with E-state index in [0.717, 1.165) is 16.9 Å². The lowest BCUT2D eigenvalue weighted by atomic mass is 9.83. The fourth-order valence-corrected chi connectivity index (χ4v) is 2.78. The topological polar surface area (TPSA) is 60.9 Å². The Hall–Kier alpha value is -2.24. The third-order valence-corrected chi connectivity index (χ3v) is 4.48. The van der Waals surface area contributed by atoms with Gasteiger partial charge in [-0.3, -0.25) is 4.79 Å². The average molecular weight is 376 g/mol. The van der Waals surface area contributed by atoms with Crippen molar-refractivity contribution in [3.63, 3.8) is 0 Å². The number of aryl methyl sites for hydroxylation is 1. The zero-order valence-electron chi connectivity index (χ0n) is 15.3. The van der Waals surface area contributed by atoms with Crippen molar-refractivity contribution in [3.05, 3.63) is 53.8 Å². The maximum Gasteiger partial charge on any atom is 0.180 e. The predicted molar refractivity (Wildman–Crippen MR) is 105 cm³/mol. The molecule has 0 bridgehead atoms. The van der Waals surface area contributed by atoms with Gasteiger partial charge in [-0.1, -0.05) is 20.8 Å². The van der Waals surface area contributed by atoms with Crippen molar-refractivity contribution in [3.8, 4) is 11.4 Å². The van der Waals surface area contributed by atoms with E-state index in [2.05, 4.69) is 4.98 Å². The number of aromatic nitrogens is 2. The molecule has 0 amide bonds. The number of halogens is 2. The molecule has 0 aliphatic carbocycles. The molecule has 0 spiro atoms. The molecule has 0 aliphatic heterocycles. The maximum absolute atomic E-state index is 13.1. The minimum Gasteiger partial charge on any atom is -0.327 e. The highest BCUT2D eigenvalue weighted by atomic mass is 35.5. The van der Waals surface area contributed by atoms with Crippen molar-refractivity contribution in [1.29, 1.82) is 0 Å². The van der Waals surface area contributed by atoms with E-state index < -0.39 is 6.04 Å². The van der Waals surface area contributed by atoms with Crippen LogP contribution in [-0.2, 0) is 7.05 Å². The van der Waals surface area contributed by atoms with Gasteiger partial charge >= 0.3 is 0 Å². The molecule has 4 nitrogen and oxygen atoms in total. The van der Waals surface area contributed by atoms with Gasteiger partial charge in [0.2, 0.25) is 0 Å². The lowest BCUT2D eigenvalue weighted by molar-refractivity contribution is 0.0901. The van der Waals surface area contributed by atoms with Gasteiger partial charge in [-0.05, 0) is 47.9 Å². The summed E-state index contributed by atoms with van der Waals surface area (Å²) in [4.78, 5) is 17.3. The summed E-state index contributed by atoms with van der Waals surface area (Å²) in [5, 5.41) is 0. The molecule has 26 heavy (non-hydrogen) atoms. The summed E-state index contributed by atoms with van der Waals surface area (Å²) in [5.41, 5.74) is 8.78. The summed E-state index contributed by atoms with van der Waals surface area (Å²) in [6.07, 6.45) is 0. The number of rotatable bonds is 3. The van der Waals surface area contributed by atoms with Crippen LogP contribution in [0.4, 0.5) is 4.39 Å². The summed E-state index contributed by atoms with van der Waals surface area (Å²) < 4.78 is 15.1. The van der Waals surface area contributed by atoms with Crippen molar-refractivity contribution in [2.24, 2.45) is 18.2 Å². The van der Waals surface area contributed by atoms with E-state index in [4.69, 9.17) is 5.73 Å². The van der Waals surface area contributed by atoms with E-state index in [9.17, 15) is 9.18 Å². The number of fused-ring (bicyclic) bond motifs is 1. The number of Topliss-reactive ketones (excluding diaryl/α,β-unsaturated/α-hetero) is 1. The zero-order valence-corrected chi connectivity index (χ0v) is 16.1. The lowest BCUT2D eigenvalue weighted by Crippen LogP contribution is -2.42. The first kappa shape index (κ1) is 20.1. The first-order valence-corrected chi connectivity index (χ1v) is 8.20. The van der Waals surface area contributed by atoms with Gasteiger partial charge in [-0.2, -0.15) is 0 Å². The van der Waals surface area contributed by atoms with Gasteiger partial charge < -0.3 is 10.3 Å². The summed E-state index contributed by atoms with van der Waals surface area (Å²) in [6.45, 7) is 5.84. The highest BCUT2D eigenvalue weighted by molar-refractivity contribution is 6.02. The molecule has 3 aromatic rings. The number of ketones is 1. The number of nitrogens with two attached hydrogens (primary N) is 1. The van der Waals surface area contributed by atoms with E-state index in [1.807, 2.05) is 38.5 Å². The number of benzene rings is 2. The van der Waals surface area contributed by atoms with Gasteiger partial charge in [-0.25, -0.2) is 9.37 Å². The van der Waals surface area contributed by atoms with Crippen LogP contribution >= 0.6 is 12.4 Å². The molecular formula is C20H23ClFN3O. The van der Waals surface area contributed by atoms with E-state index in [0.29, 0.717) is 11.1 Å². The second-order valence-electron chi connectivity index (χ2n) is 7.41. The minimum absolute atomic E-state index is 0. The second kappa shape index (κ2) is 7.17. The van der Waals surface area contributed by atoms with Crippen LogP contribution in [-0.4, -0.2) is 21.4 Å². The van der Waals surface area contributed by atoms with Crippen LogP contribution in [0, 0.1) is 11.2 Å². The summed E-state index contributed by atoms with van der Waals surface area (Å²) in [5.74, 6) is 0.342. The third kappa shape index (κ3) is 3.64. The van der Waals surface area contributed by atoms with Gasteiger partial charge in [0.25, 0.3) is 0 Å². The molecule has 1 atom stereocenters. The van der Waals surface area contributed by atoms with Gasteiger partial charge in [0, 0.05) is 18.2 Å². The van der Waals surface area contributed by atoms with Crippen molar-refractivity contribution in [1.82, 2.24) is 9.55 Å². The number of hydrogen-bond acceptors (Lipinski definition) is 3. The third-order valence-electron chi connectivity index (χ3n) is 4.48. The monoisotopic (exact) mass is 375 g/mol. The van der Waals surface area contributed by atoms with Crippen LogP contribution in [0.15, 0.2) is 42.5 Å². The van der Waals surface area contributed by atoms with Crippen LogP contribution in [0.5, 0.6) is 0 Å². The standard InChI is InChI=1S/C20H22FN3O.ClH/c1-20(2,3)18(22)17(25)13-7-10-16-15(11-13)23-19(24(16)4)12-5-8-14(21)9-6-12;/h5-11,18H,22H2,1-4H3;1H/t18-;/m1./s1. The van der Waals surface area contributed by atoms with Crippen molar-refractivity contribution in [2.45, 2.75) is 26.8 Å². The Morgan fingerprint density at radius 2 is 1.77 bits per heavy atom. The smallest absolute Gasteiger partial charge is 0.180 e. The van der Waals surface area contributed by atoms with Gasteiger partial charge in [0.1, 0.15) is 11.6 Å². The van der Waals surface area contributed by atoms with E-state index >= 15 is 0 Å². The van der Waals surface area contributed by atoms with Gasteiger partial charge in [0.05, 0.1) is 17.1 Å². The van der Waals surface area contributed by atoms with Crippen LogP contribution in [0.2, 0.25) is 0 Å². The molecule has 0 saturated carbocycles. The largest absolute Gasteiger partial charge is 0.327 e. The Morgan fingerprint density at radius 1 is 1.15 bits per heavy atom. The zero-order chi connectivity index (χ0) is 18.4. The molecule has 1 heterocycles. The van der Waals surface area contributed by atoms with Crippen LogP contribution < -0.4 is 5.73 Å². The highest BCUT2D eigenvalue weighted by Crippen LogP contribution is 2.26. The lowest BCUT2D eigenvalue weighted by Gasteiger charge is -2.25. The summed E-state index contributed by atoms with van der Waals surface area (Å²) in [6, 6.07) is 11.1. The van der Waals surface area contributed by atoms with E-state index in [-0.39, 0.29) is 29.4 Å². The number of imidazole rings is 1. The van der Waals surface area contributed by atoms with E-state index in [1.54, 1.807) is 24.3 Å². The second-order valence-corrected chi connectivity index (χ2v) is 7.41. The van der Waals surface area contributed by atoms with Crippen molar-refractivity contribution >= 4 is 29.2 Å². The van der Waals surface area contributed by atoms with Crippen molar-refractivity contribution in [2.75, 3.05) is 0 Å². The fraction of sp³-hybridized carbons (Fsp3) is 0.300. The number of carbonyl (C=O) groups excluding carboxylic acids is 1. The molecule has 0 saturated heterocycles. The Balaban J connectivity index is 0.00000243. The van der Waals surface area contributed by atoms with E-state index in [1.165, 1.54) is 12.1 Å².